The minimum Gasteiger partial charge on any atom is -0.490 e. The maximum absolute atomic E-state index is 10.9. The van der Waals surface area contributed by atoms with Gasteiger partial charge in [0.2, 0.25) is 0 Å². The van der Waals surface area contributed by atoms with Gasteiger partial charge in [-0.1, -0.05) is 18.2 Å². The van der Waals surface area contributed by atoms with Crippen LogP contribution in [0.5, 0.6) is 5.75 Å². The molecule has 0 aromatic heterocycles. The summed E-state index contributed by atoms with van der Waals surface area (Å²) in [7, 11) is 0. The quantitative estimate of drug-likeness (QED) is 0.457. The summed E-state index contributed by atoms with van der Waals surface area (Å²) in [4.78, 5) is 21.0. The van der Waals surface area contributed by atoms with Crippen LogP contribution in [0.3, 0.4) is 0 Å². The highest BCUT2D eigenvalue weighted by atomic mass is 16.6. The zero-order chi connectivity index (χ0) is 12.5. The van der Waals surface area contributed by atoms with Crippen molar-refractivity contribution in [3.05, 3.63) is 42.5 Å². The fourth-order valence-corrected chi connectivity index (χ4v) is 1.01. The van der Waals surface area contributed by atoms with E-state index >= 15 is 0 Å². The number of hydrogen-bond acceptors (Lipinski definition) is 4. The van der Waals surface area contributed by atoms with Crippen molar-refractivity contribution in [3.8, 4) is 5.75 Å². The van der Waals surface area contributed by atoms with Gasteiger partial charge in [0.05, 0.1) is 0 Å². The monoisotopic (exact) mass is 236 g/mol. The lowest BCUT2D eigenvalue weighted by Gasteiger charge is -2.05. The Morgan fingerprint density at radius 1 is 1.12 bits per heavy atom. The second-order valence-corrected chi connectivity index (χ2v) is 3.00. The van der Waals surface area contributed by atoms with Gasteiger partial charge in [-0.05, 0) is 12.1 Å². The van der Waals surface area contributed by atoms with E-state index in [4.69, 9.17) is 14.6 Å². The van der Waals surface area contributed by atoms with Gasteiger partial charge in [0.15, 0.2) is 0 Å². The lowest BCUT2D eigenvalue weighted by molar-refractivity contribution is -0.139. The summed E-state index contributed by atoms with van der Waals surface area (Å²) >= 11 is 0. The maximum Gasteiger partial charge on any atom is 0.331 e. The van der Waals surface area contributed by atoms with Crippen LogP contribution >= 0.6 is 0 Å². The van der Waals surface area contributed by atoms with Gasteiger partial charge in [0, 0.05) is 12.2 Å². The summed E-state index contributed by atoms with van der Waals surface area (Å²) in [6, 6.07) is 9.09. The number of benzene rings is 1. The third kappa shape index (κ3) is 5.99. The van der Waals surface area contributed by atoms with E-state index < -0.39 is 11.9 Å². The Balaban J connectivity index is 2.16. The highest BCUT2D eigenvalue weighted by molar-refractivity contribution is 5.90. The van der Waals surface area contributed by atoms with Crippen LogP contribution in [0, 0.1) is 0 Å². The first-order chi connectivity index (χ1) is 8.18. The summed E-state index contributed by atoms with van der Waals surface area (Å²) < 4.78 is 9.96. The molecule has 0 fully saturated rings. The molecule has 1 rings (SSSR count). The average molecular weight is 236 g/mol. The smallest absolute Gasteiger partial charge is 0.331 e. The van der Waals surface area contributed by atoms with Gasteiger partial charge in [0.25, 0.3) is 0 Å². The van der Waals surface area contributed by atoms with Crippen LogP contribution in [0.25, 0.3) is 0 Å². The van der Waals surface area contributed by atoms with Crippen LogP contribution in [0.15, 0.2) is 42.5 Å². The van der Waals surface area contributed by atoms with Crippen LogP contribution in [0.4, 0.5) is 0 Å². The van der Waals surface area contributed by atoms with E-state index in [1.807, 2.05) is 18.2 Å². The zero-order valence-corrected chi connectivity index (χ0v) is 9.04. The molecule has 0 heterocycles. The van der Waals surface area contributed by atoms with Crippen molar-refractivity contribution in [1.82, 2.24) is 0 Å². The molecule has 5 nitrogen and oxygen atoms in total. The van der Waals surface area contributed by atoms with Crippen LogP contribution in [0.1, 0.15) is 0 Å². The van der Waals surface area contributed by atoms with E-state index in [0.29, 0.717) is 5.75 Å². The first kappa shape index (κ1) is 12.8. The Kier molecular flexibility index (Phi) is 5.30. The lowest BCUT2D eigenvalue weighted by atomic mass is 10.3. The van der Waals surface area contributed by atoms with Gasteiger partial charge in [-0.3, -0.25) is 0 Å². The molecule has 0 radical (unpaired) electrons. The molecular weight excluding hydrogens is 224 g/mol. The standard InChI is InChI=1S/C12H12O5/c13-11(14)6-7-12(15)17-9-8-16-10-4-2-1-3-5-10/h1-7H,8-9H2,(H,13,14). The summed E-state index contributed by atoms with van der Waals surface area (Å²) in [5, 5.41) is 8.26. The van der Waals surface area contributed by atoms with Crippen molar-refractivity contribution >= 4 is 11.9 Å². The van der Waals surface area contributed by atoms with E-state index in [1.54, 1.807) is 12.1 Å². The predicted molar refractivity (Wildman–Crippen MR) is 59.7 cm³/mol. The molecule has 0 bridgehead atoms. The van der Waals surface area contributed by atoms with E-state index in [9.17, 15) is 9.59 Å². The molecule has 0 unspecified atom stereocenters. The van der Waals surface area contributed by atoms with Gasteiger partial charge in [-0.25, -0.2) is 9.59 Å². The molecule has 0 saturated heterocycles. The largest absolute Gasteiger partial charge is 0.490 e. The number of aliphatic carboxylic acids is 1. The number of carbonyl (C=O) groups is 2. The SMILES string of the molecule is O=C(O)C=CC(=O)OCCOc1ccccc1. The first-order valence-corrected chi connectivity index (χ1v) is 4.94. The van der Waals surface area contributed by atoms with Crippen molar-refractivity contribution in [2.75, 3.05) is 13.2 Å². The Morgan fingerprint density at radius 2 is 1.82 bits per heavy atom. The summed E-state index contributed by atoms with van der Waals surface area (Å²) in [5.74, 6) is -1.21. The molecule has 0 aliphatic rings. The molecular formula is C12H12O5. The summed E-state index contributed by atoms with van der Waals surface area (Å²) in [6.45, 7) is 0.286. The molecule has 0 saturated carbocycles. The van der Waals surface area contributed by atoms with Gasteiger partial charge in [0.1, 0.15) is 19.0 Å². The minimum atomic E-state index is -1.19. The topological polar surface area (TPSA) is 72.8 Å². The fourth-order valence-electron chi connectivity index (χ4n) is 1.01. The van der Waals surface area contributed by atoms with Crippen molar-refractivity contribution in [2.45, 2.75) is 0 Å². The predicted octanol–water partition coefficient (Wildman–Crippen LogP) is 1.25. The highest BCUT2D eigenvalue weighted by Gasteiger charge is 1.98. The number of esters is 1. The number of para-hydroxylation sites is 1. The Bertz CT molecular complexity index is 397. The van der Waals surface area contributed by atoms with Gasteiger partial charge < -0.3 is 14.6 Å². The number of ether oxygens (including phenoxy) is 2. The third-order valence-electron chi connectivity index (χ3n) is 1.70. The first-order valence-electron chi connectivity index (χ1n) is 4.94. The van der Waals surface area contributed by atoms with Crippen molar-refractivity contribution in [1.29, 1.82) is 0 Å². The number of rotatable bonds is 6. The highest BCUT2D eigenvalue weighted by Crippen LogP contribution is 2.07. The molecule has 1 N–H and O–H groups in total. The molecule has 0 atom stereocenters. The lowest BCUT2D eigenvalue weighted by Crippen LogP contribution is -2.10. The number of carbonyl (C=O) groups excluding carboxylic acids is 1. The minimum absolute atomic E-state index is 0.0671. The Hall–Kier alpha value is -2.30. The Morgan fingerprint density at radius 3 is 2.47 bits per heavy atom. The summed E-state index contributed by atoms with van der Waals surface area (Å²) in [5.41, 5.74) is 0. The average Bonchev–Trinajstić information content (AvgIpc) is 2.33. The van der Waals surface area contributed by atoms with Crippen molar-refractivity contribution < 1.29 is 24.2 Å². The second kappa shape index (κ2) is 7.05. The van der Waals surface area contributed by atoms with E-state index in [1.165, 1.54) is 0 Å². The molecule has 0 aliphatic heterocycles. The third-order valence-corrected chi connectivity index (χ3v) is 1.70. The van der Waals surface area contributed by atoms with Crippen LogP contribution in [0.2, 0.25) is 0 Å². The number of carboxylic acid groups (broad SMARTS) is 1. The Labute approximate surface area is 98.3 Å². The number of hydrogen-bond donors (Lipinski definition) is 1. The van der Waals surface area contributed by atoms with Crippen LogP contribution < -0.4 is 4.74 Å². The molecule has 1 aromatic carbocycles. The molecule has 17 heavy (non-hydrogen) atoms. The summed E-state index contributed by atoms with van der Waals surface area (Å²) in [6.07, 6.45) is 1.57. The van der Waals surface area contributed by atoms with Crippen LogP contribution in [-0.4, -0.2) is 30.3 Å². The van der Waals surface area contributed by atoms with Gasteiger partial charge >= 0.3 is 11.9 Å². The molecule has 1 aromatic rings. The fraction of sp³-hybridized carbons (Fsp3) is 0.167. The molecule has 5 heteroatoms. The van der Waals surface area contributed by atoms with E-state index in [0.717, 1.165) is 12.2 Å². The van der Waals surface area contributed by atoms with Crippen molar-refractivity contribution in [2.24, 2.45) is 0 Å². The normalized spacial score (nSPS) is 10.1. The zero-order valence-electron chi connectivity index (χ0n) is 9.04. The van der Waals surface area contributed by atoms with E-state index in [2.05, 4.69) is 0 Å². The van der Waals surface area contributed by atoms with Gasteiger partial charge in [-0.2, -0.15) is 0 Å². The number of carboxylic acids is 1. The molecule has 0 amide bonds. The molecule has 0 aliphatic carbocycles. The van der Waals surface area contributed by atoms with Gasteiger partial charge in [-0.15, -0.1) is 0 Å². The second-order valence-electron chi connectivity index (χ2n) is 3.00. The van der Waals surface area contributed by atoms with Crippen LogP contribution in [-0.2, 0) is 14.3 Å². The molecule has 90 valence electrons. The maximum atomic E-state index is 10.9. The van der Waals surface area contributed by atoms with E-state index in [-0.39, 0.29) is 13.2 Å². The molecule has 0 spiro atoms. The van der Waals surface area contributed by atoms with Crippen molar-refractivity contribution in [3.63, 3.8) is 0 Å².